The molecule has 2 saturated heterocycles. The van der Waals surface area contributed by atoms with E-state index in [2.05, 4.69) is 30.1 Å². The van der Waals surface area contributed by atoms with E-state index in [9.17, 15) is 8.78 Å². The Morgan fingerprint density at radius 2 is 2.00 bits per heavy atom. The minimum absolute atomic E-state index is 0.0288. The Hall–Kier alpha value is -2.30. The lowest BCUT2D eigenvalue weighted by molar-refractivity contribution is 0.0750. The number of hydrogen-bond donors (Lipinski definition) is 2. The Balaban J connectivity index is 1.24. The maximum Gasteiger partial charge on any atom is 0.252 e. The highest BCUT2D eigenvalue weighted by atomic mass is 35.5. The monoisotopic (exact) mass is 466 g/mol. The molecule has 0 spiro atoms. The van der Waals surface area contributed by atoms with Gasteiger partial charge in [0, 0.05) is 50.3 Å². The summed E-state index contributed by atoms with van der Waals surface area (Å²) in [5.41, 5.74) is 0.610. The van der Waals surface area contributed by atoms with Crippen molar-refractivity contribution in [2.45, 2.75) is 37.3 Å². The number of fused-ring (bicyclic) bond motifs is 2. The van der Waals surface area contributed by atoms with E-state index in [1.807, 2.05) is 6.07 Å². The van der Waals surface area contributed by atoms with Gasteiger partial charge in [0.25, 0.3) is 5.92 Å². The molecule has 2 bridgehead atoms. The summed E-state index contributed by atoms with van der Waals surface area (Å²) in [6.45, 7) is 2.04. The molecule has 0 aromatic carbocycles. The third-order valence-corrected chi connectivity index (χ3v) is 6.65. The molecule has 1 unspecified atom stereocenters. The minimum atomic E-state index is -2.47. The number of halogens is 3. The van der Waals surface area contributed by atoms with Crippen molar-refractivity contribution < 1.29 is 18.6 Å². The van der Waals surface area contributed by atoms with Crippen molar-refractivity contribution in [3.8, 4) is 5.88 Å². The predicted molar refractivity (Wildman–Crippen MR) is 116 cm³/mol. The number of nitrogens with one attached hydrogen (secondary N) is 1. The molecule has 8 nitrogen and oxygen atoms in total. The first kappa shape index (κ1) is 21.5. The van der Waals surface area contributed by atoms with E-state index < -0.39 is 11.8 Å². The number of anilines is 3. The van der Waals surface area contributed by atoms with Crippen LogP contribution in [0.1, 0.15) is 19.3 Å². The van der Waals surface area contributed by atoms with Gasteiger partial charge in [-0.25, -0.2) is 18.7 Å². The van der Waals surface area contributed by atoms with Crippen LogP contribution < -0.4 is 15.0 Å². The van der Waals surface area contributed by atoms with E-state index >= 15 is 0 Å². The minimum Gasteiger partial charge on any atom is -0.474 e. The third-order valence-electron chi connectivity index (χ3n) is 6.38. The molecule has 3 fully saturated rings. The average molecular weight is 467 g/mol. The van der Waals surface area contributed by atoms with Gasteiger partial charge in [0.2, 0.25) is 11.8 Å². The van der Waals surface area contributed by atoms with Gasteiger partial charge in [-0.15, -0.1) is 0 Å². The second-order valence-corrected chi connectivity index (χ2v) is 9.00. The number of piperazine rings is 1. The van der Waals surface area contributed by atoms with E-state index in [0.29, 0.717) is 23.2 Å². The highest BCUT2D eigenvalue weighted by Gasteiger charge is 2.58. The fourth-order valence-corrected chi connectivity index (χ4v) is 4.88. The molecule has 2 aromatic heterocycles. The number of rotatable bonds is 8. The Bertz CT molecular complexity index is 969. The quantitative estimate of drug-likeness (QED) is 0.614. The number of aliphatic hydroxyl groups is 1. The molecule has 172 valence electrons. The number of ether oxygens (including phenoxy) is 1. The van der Waals surface area contributed by atoms with Crippen LogP contribution in [0.4, 0.5) is 26.2 Å². The second-order valence-electron chi connectivity index (χ2n) is 8.60. The van der Waals surface area contributed by atoms with E-state index in [4.69, 9.17) is 21.4 Å². The van der Waals surface area contributed by atoms with E-state index in [0.717, 1.165) is 31.7 Å². The molecule has 2 N–H and O–H groups in total. The summed E-state index contributed by atoms with van der Waals surface area (Å²) in [6, 6.07) is 4.09. The number of alkyl halides is 2. The fraction of sp³-hybridized carbons (Fsp3) is 0.571. The molecule has 0 amide bonds. The summed E-state index contributed by atoms with van der Waals surface area (Å²) in [5, 5.41) is 12.3. The first-order valence-electron chi connectivity index (χ1n) is 10.8. The van der Waals surface area contributed by atoms with Crippen LogP contribution >= 0.6 is 11.6 Å². The van der Waals surface area contributed by atoms with Crippen molar-refractivity contribution in [2.24, 2.45) is 5.92 Å². The largest absolute Gasteiger partial charge is 0.474 e. The van der Waals surface area contributed by atoms with Gasteiger partial charge in [0.05, 0.1) is 18.5 Å². The lowest BCUT2D eigenvalue weighted by Gasteiger charge is -2.41. The molecular formula is C21H25ClF2N6O2. The van der Waals surface area contributed by atoms with Crippen LogP contribution in [-0.2, 0) is 0 Å². The molecule has 3 atom stereocenters. The molecule has 11 heteroatoms. The molecule has 1 aliphatic carbocycles. The van der Waals surface area contributed by atoms with E-state index in [1.54, 1.807) is 18.5 Å². The average Bonchev–Trinajstić information content (AvgIpc) is 3.31. The van der Waals surface area contributed by atoms with E-state index in [-0.39, 0.29) is 37.6 Å². The predicted octanol–water partition coefficient (Wildman–Crippen LogP) is 2.95. The molecule has 2 aromatic rings. The van der Waals surface area contributed by atoms with Crippen molar-refractivity contribution in [3.05, 3.63) is 29.5 Å². The normalized spacial score (nSPS) is 26.2. The van der Waals surface area contributed by atoms with E-state index in [1.165, 1.54) is 0 Å². The molecule has 5 rings (SSSR count). The van der Waals surface area contributed by atoms with Crippen molar-refractivity contribution in [1.82, 2.24) is 19.9 Å². The standard InChI is InChI=1S/C21H25ClF2N6O2/c22-17-7-14(9-26-19(17)32-6-5-31)27-20-25-4-3-18(28-20)29-11-15-1-2-16(12-29)30(15)10-13-8-21(13,23)24/h3-4,7,9,13,15-16,31H,1-2,5-6,8,10-12H2,(H,25,27,28)/t13-,15+,16?/m0/s1. The number of aliphatic hydroxyl groups excluding tert-OH is 1. The summed E-state index contributed by atoms with van der Waals surface area (Å²) in [5.74, 6) is -1.48. The third kappa shape index (κ3) is 4.44. The maximum atomic E-state index is 13.4. The van der Waals surface area contributed by atoms with Crippen molar-refractivity contribution >= 4 is 29.1 Å². The number of nitrogens with zero attached hydrogens (tertiary/aromatic N) is 5. The van der Waals surface area contributed by atoms with Gasteiger partial charge in [0.15, 0.2) is 0 Å². The van der Waals surface area contributed by atoms with Crippen LogP contribution in [0.5, 0.6) is 5.88 Å². The van der Waals surface area contributed by atoms with Crippen molar-refractivity contribution in [3.63, 3.8) is 0 Å². The summed E-state index contributed by atoms with van der Waals surface area (Å²) >= 11 is 6.19. The van der Waals surface area contributed by atoms with Crippen LogP contribution in [0, 0.1) is 5.92 Å². The number of aromatic nitrogens is 3. The Morgan fingerprint density at radius 3 is 2.66 bits per heavy atom. The SMILES string of the molecule is OCCOc1ncc(Nc2nccc(N3CC4CC[C@H](C3)N4C[C@@H]3CC3(F)F)n2)cc1Cl. The van der Waals surface area contributed by atoms with Gasteiger partial charge in [0.1, 0.15) is 17.4 Å². The van der Waals surface area contributed by atoms with Gasteiger partial charge >= 0.3 is 0 Å². The topological polar surface area (TPSA) is 86.6 Å². The van der Waals surface area contributed by atoms with Crippen LogP contribution in [0.15, 0.2) is 24.5 Å². The number of pyridine rings is 1. The van der Waals surface area contributed by atoms with Gasteiger partial charge in [-0.3, -0.25) is 4.90 Å². The zero-order valence-electron chi connectivity index (χ0n) is 17.4. The highest BCUT2D eigenvalue weighted by molar-refractivity contribution is 6.32. The molecule has 32 heavy (non-hydrogen) atoms. The zero-order valence-corrected chi connectivity index (χ0v) is 18.2. The van der Waals surface area contributed by atoms with Gasteiger partial charge in [-0.1, -0.05) is 11.6 Å². The Morgan fingerprint density at radius 1 is 1.25 bits per heavy atom. The lowest BCUT2D eigenvalue weighted by Crippen LogP contribution is -2.54. The summed E-state index contributed by atoms with van der Waals surface area (Å²) in [4.78, 5) is 17.6. The van der Waals surface area contributed by atoms with Crippen LogP contribution in [0.2, 0.25) is 5.02 Å². The summed E-state index contributed by atoms with van der Waals surface area (Å²) < 4.78 is 32.1. The smallest absolute Gasteiger partial charge is 0.252 e. The van der Waals surface area contributed by atoms with Gasteiger partial charge in [-0.05, 0) is 25.0 Å². The van der Waals surface area contributed by atoms with Crippen molar-refractivity contribution in [1.29, 1.82) is 0 Å². The zero-order chi connectivity index (χ0) is 22.3. The van der Waals surface area contributed by atoms with Crippen LogP contribution in [0.25, 0.3) is 0 Å². The number of hydrogen-bond acceptors (Lipinski definition) is 8. The Labute approximate surface area is 189 Å². The maximum absolute atomic E-state index is 13.4. The molecular weight excluding hydrogens is 442 g/mol. The molecule has 1 saturated carbocycles. The highest BCUT2D eigenvalue weighted by Crippen LogP contribution is 2.50. The van der Waals surface area contributed by atoms with Crippen LogP contribution in [-0.4, -0.2) is 75.8 Å². The van der Waals surface area contributed by atoms with Gasteiger partial charge < -0.3 is 20.1 Å². The summed E-state index contributed by atoms with van der Waals surface area (Å²) in [6.07, 6.45) is 5.34. The van der Waals surface area contributed by atoms with Gasteiger partial charge in [-0.2, -0.15) is 4.98 Å². The molecule has 3 aliphatic rings. The lowest BCUT2D eigenvalue weighted by atomic mass is 10.1. The second kappa shape index (κ2) is 8.57. The van der Waals surface area contributed by atoms with Crippen LogP contribution in [0.3, 0.4) is 0 Å². The van der Waals surface area contributed by atoms with Crippen molar-refractivity contribution in [2.75, 3.05) is 43.1 Å². The summed E-state index contributed by atoms with van der Waals surface area (Å²) in [7, 11) is 0. The molecule has 2 aliphatic heterocycles. The molecule has 0 radical (unpaired) electrons. The first-order valence-corrected chi connectivity index (χ1v) is 11.2. The first-order chi connectivity index (χ1) is 15.4. The molecule has 4 heterocycles. The Kier molecular flexibility index (Phi) is 5.77. The fourth-order valence-electron chi connectivity index (χ4n) is 4.65.